The fraction of sp³-hybridized carbons (Fsp3) is 0.480. The Morgan fingerprint density at radius 1 is 1.19 bits per heavy atom. The van der Waals surface area contributed by atoms with Crippen LogP contribution in [0.5, 0.6) is 0 Å². The van der Waals surface area contributed by atoms with E-state index in [2.05, 4.69) is 34.6 Å². The van der Waals surface area contributed by atoms with Gasteiger partial charge in [-0.25, -0.2) is 14.6 Å². The predicted molar refractivity (Wildman–Crippen MR) is 123 cm³/mol. The van der Waals surface area contributed by atoms with Crippen LogP contribution in [0.3, 0.4) is 0 Å². The molecule has 0 atom stereocenters. The Bertz CT molecular complexity index is 931. The summed E-state index contributed by atoms with van der Waals surface area (Å²) in [5, 5.41) is 3.90. The van der Waals surface area contributed by atoms with Crippen molar-refractivity contribution < 1.29 is 19.3 Å². The van der Waals surface area contributed by atoms with Crippen LogP contribution in [0, 0.1) is 0 Å². The van der Waals surface area contributed by atoms with Gasteiger partial charge < -0.3 is 9.72 Å². The molecule has 0 aliphatic heterocycles. The number of hydrogen-bond acceptors (Lipinski definition) is 4. The Labute approximate surface area is 184 Å². The molecule has 6 heteroatoms. The van der Waals surface area contributed by atoms with Crippen LogP contribution in [-0.4, -0.2) is 23.8 Å². The molecule has 1 heterocycles. The van der Waals surface area contributed by atoms with Crippen molar-refractivity contribution in [2.75, 3.05) is 7.11 Å². The van der Waals surface area contributed by atoms with Crippen LogP contribution in [0.1, 0.15) is 75.6 Å². The Kier molecular flexibility index (Phi) is 7.93. The minimum Gasteiger partial charge on any atom is -0.444 e. The number of carbonyl (C=O) groups is 1. The largest absolute Gasteiger partial charge is 0.444 e. The van der Waals surface area contributed by atoms with Crippen LogP contribution < -0.4 is 5.32 Å². The zero-order valence-electron chi connectivity index (χ0n) is 19.0. The van der Waals surface area contributed by atoms with E-state index in [-0.39, 0.29) is 0 Å². The first kappa shape index (κ1) is 23.1. The highest BCUT2D eigenvalue weighted by molar-refractivity contribution is 5.88. The first-order valence-corrected chi connectivity index (χ1v) is 11.0. The van der Waals surface area contributed by atoms with Gasteiger partial charge in [0, 0.05) is 22.8 Å². The minimum absolute atomic E-state index is 0.411. The molecular formula is C25H34N2O4. The molecular weight excluding hydrogens is 392 g/mol. The third kappa shape index (κ3) is 6.71. The molecule has 168 valence electrons. The lowest BCUT2D eigenvalue weighted by molar-refractivity contribution is -0.282. The molecule has 1 aliphatic carbocycles. The lowest BCUT2D eigenvalue weighted by atomic mass is 9.82. The zero-order chi connectivity index (χ0) is 22.3. The van der Waals surface area contributed by atoms with Gasteiger partial charge in [0.2, 0.25) is 0 Å². The monoisotopic (exact) mass is 426 g/mol. The summed E-state index contributed by atoms with van der Waals surface area (Å²) in [7, 11) is 1.52. The molecule has 1 saturated carbocycles. The Morgan fingerprint density at radius 2 is 1.97 bits per heavy atom. The molecule has 0 unspecified atom stereocenters. The third-order valence-electron chi connectivity index (χ3n) is 5.36. The molecule has 6 nitrogen and oxygen atoms in total. The third-order valence-corrected chi connectivity index (χ3v) is 5.36. The van der Waals surface area contributed by atoms with Crippen molar-refractivity contribution in [3.8, 4) is 0 Å². The molecule has 0 bridgehead atoms. The quantitative estimate of drug-likeness (QED) is 0.308. The first-order valence-electron chi connectivity index (χ1n) is 11.0. The summed E-state index contributed by atoms with van der Waals surface area (Å²) in [5.74, 6) is 0.562. The van der Waals surface area contributed by atoms with Crippen LogP contribution in [-0.2, 0) is 21.1 Å². The molecule has 1 amide bonds. The number of hydrogen-bond donors (Lipinski definition) is 2. The average Bonchev–Trinajstić information content (AvgIpc) is 3.08. The van der Waals surface area contributed by atoms with Gasteiger partial charge in [-0.15, -0.1) is 0 Å². The maximum Gasteiger partial charge on any atom is 0.411 e. The molecule has 0 radical (unpaired) electrons. The van der Waals surface area contributed by atoms with E-state index in [1.54, 1.807) is 12.3 Å². The van der Waals surface area contributed by atoms with Crippen molar-refractivity contribution in [3.63, 3.8) is 0 Å². The van der Waals surface area contributed by atoms with Gasteiger partial charge in [-0.05, 0) is 68.9 Å². The summed E-state index contributed by atoms with van der Waals surface area (Å²) >= 11 is 0. The van der Waals surface area contributed by atoms with Gasteiger partial charge >= 0.3 is 6.09 Å². The van der Waals surface area contributed by atoms with E-state index < -0.39 is 11.7 Å². The molecule has 1 aromatic carbocycles. The minimum atomic E-state index is -0.514. The smallest absolute Gasteiger partial charge is 0.411 e. The summed E-state index contributed by atoms with van der Waals surface area (Å²) in [5.41, 5.74) is 4.16. The standard InChI is InChI=1S/C25H34N2O4/c1-25(2,3)31-24(28)26-15-9-8-12-21-23(19-10-6-5-7-11-19)20-14-13-18(17-30-29-4)16-22(20)27-21/h8-9,12-16,19,27H,5-7,10-11,17H2,1-4H3,(H,26,28)/b12-8+,15-9-. The Balaban J connectivity index is 1.79. The van der Waals surface area contributed by atoms with Crippen LogP contribution in [0.15, 0.2) is 36.6 Å². The van der Waals surface area contributed by atoms with Gasteiger partial charge in [0.15, 0.2) is 0 Å². The number of H-pyrrole nitrogens is 1. The van der Waals surface area contributed by atoms with E-state index >= 15 is 0 Å². The second kappa shape index (κ2) is 10.6. The van der Waals surface area contributed by atoms with Crippen molar-refractivity contribution in [3.05, 3.63) is 53.4 Å². The van der Waals surface area contributed by atoms with Gasteiger partial charge in [0.1, 0.15) is 12.2 Å². The van der Waals surface area contributed by atoms with Crippen molar-refractivity contribution in [2.24, 2.45) is 0 Å². The summed E-state index contributed by atoms with van der Waals surface area (Å²) in [6, 6.07) is 6.40. The van der Waals surface area contributed by atoms with Crippen LogP contribution in [0.2, 0.25) is 0 Å². The van der Waals surface area contributed by atoms with E-state index in [9.17, 15) is 4.79 Å². The number of amides is 1. The molecule has 1 aromatic heterocycles. The number of benzene rings is 1. The van der Waals surface area contributed by atoms with Gasteiger partial charge in [-0.2, -0.15) is 0 Å². The van der Waals surface area contributed by atoms with Crippen molar-refractivity contribution in [1.82, 2.24) is 10.3 Å². The summed E-state index contributed by atoms with van der Waals surface area (Å²) in [6.07, 6.45) is 13.3. The van der Waals surface area contributed by atoms with Crippen LogP contribution in [0.4, 0.5) is 4.79 Å². The molecule has 0 spiro atoms. The summed E-state index contributed by atoms with van der Waals surface area (Å²) < 4.78 is 5.23. The number of aromatic nitrogens is 1. The van der Waals surface area contributed by atoms with Crippen LogP contribution in [0.25, 0.3) is 17.0 Å². The van der Waals surface area contributed by atoms with Gasteiger partial charge in [-0.3, -0.25) is 5.32 Å². The fourth-order valence-electron chi connectivity index (χ4n) is 4.10. The summed E-state index contributed by atoms with van der Waals surface area (Å²) in [6.45, 7) is 5.93. The lowest BCUT2D eigenvalue weighted by Crippen LogP contribution is -2.29. The number of carbonyl (C=O) groups excluding carboxylic acids is 1. The van der Waals surface area contributed by atoms with Gasteiger partial charge in [-0.1, -0.05) is 37.5 Å². The first-order chi connectivity index (χ1) is 14.9. The van der Waals surface area contributed by atoms with Gasteiger partial charge in [0.25, 0.3) is 0 Å². The van der Waals surface area contributed by atoms with E-state index in [1.807, 2.05) is 26.8 Å². The number of fused-ring (bicyclic) bond motifs is 1. The van der Waals surface area contributed by atoms with Gasteiger partial charge in [0.05, 0.1) is 7.11 Å². The average molecular weight is 427 g/mol. The van der Waals surface area contributed by atoms with E-state index in [1.165, 1.54) is 50.2 Å². The normalized spacial score (nSPS) is 15.9. The maximum atomic E-state index is 11.7. The van der Waals surface area contributed by atoms with E-state index in [4.69, 9.17) is 14.5 Å². The molecule has 31 heavy (non-hydrogen) atoms. The maximum absolute atomic E-state index is 11.7. The topological polar surface area (TPSA) is 72.6 Å². The highest BCUT2D eigenvalue weighted by Crippen LogP contribution is 2.39. The lowest BCUT2D eigenvalue weighted by Gasteiger charge is -2.22. The number of rotatable bonds is 7. The highest BCUT2D eigenvalue weighted by Gasteiger charge is 2.22. The highest BCUT2D eigenvalue weighted by atomic mass is 17.2. The SMILES string of the molecule is COOCc1ccc2c(C3CCCCC3)c(/C=C/C=C\NC(=O)OC(C)(C)C)[nH]c2c1. The molecule has 3 rings (SSSR count). The molecule has 0 saturated heterocycles. The molecule has 1 aliphatic rings. The Hall–Kier alpha value is -2.57. The second-order valence-corrected chi connectivity index (χ2v) is 8.96. The fourth-order valence-corrected chi connectivity index (χ4v) is 4.10. The molecule has 2 N–H and O–H groups in total. The molecule has 2 aromatic rings. The number of ether oxygens (including phenoxy) is 1. The van der Waals surface area contributed by atoms with Crippen molar-refractivity contribution in [1.29, 1.82) is 0 Å². The number of allylic oxidation sites excluding steroid dienone is 2. The van der Waals surface area contributed by atoms with Crippen LogP contribution >= 0.6 is 0 Å². The van der Waals surface area contributed by atoms with Crippen molar-refractivity contribution in [2.45, 2.75) is 71.0 Å². The van der Waals surface area contributed by atoms with E-state index in [0.717, 1.165) is 16.8 Å². The second-order valence-electron chi connectivity index (χ2n) is 8.96. The summed E-state index contributed by atoms with van der Waals surface area (Å²) in [4.78, 5) is 25.1. The van der Waals surface area contributed by atoms with Crippen molar-refractivity contribution >= 4 is 23.1 Å². The Morgan fingerprint density at radius 3 is 2.68 bits per heavy atom. The number of alkyl carbamates (subject to hydrolysis) is 1. The number of aromatic amines is 1. The predicted octanol–water partition coefficient (Wildman–Crippen LogP) is 6.35. The molecule has 1 fully saturated rings. The van der Waals surface area contributed by atoms with E-state index in [0.29, 0.717) is 12.5 Å². The number of nitrogens with one attached hydrogen (secondary N) is 2. The zero-order valence-corrected chi connectivity index (χ0v) is 19.0.